The maximum absolute atomic E-state index is 11.3. The summed E-state index contributed by atoms with van der Waals surface area (Å²) in [5.41, 5.74) is 1.44. The van der Waals surface area contributed by atoms with Crippen molar-refractivity contribution in [2.24, 2.45) is 10.2 Å². The van der Waals surface area contributed by atoms with Crippen LogP contribution >= 0.6 is 0 Å². The van der Waals surface area contributed by atoms with E-state index in [0.717, 1.165) is 5.69 Å². The summed E-state index contributed by atoms with van der Waals surface area (Å²) < 4.78 is 9.45. The van der Waals surface area contributed by atoms with E-state index in [1.165, 1.54) is 14.0 Å². The molecule has 1 aromatic carbocycles. The Balaban J connectivity index is 2.31. The molecule has 2 rings (SSSR count). The van der Waals surface area contributed by atoms with Gasteiger partial charge < -0.3 is 14.8 Å². The minimum absolute atomic E-state index is 0.203. The molecule has 2 aromatic rings. The number of carbonyl (C=O) groups is 2. The fourth-order valence-corrected chi connectivity index (χ4v) is 1.75. The van der Waals surface area contributed by atoms with Crippen LogP contribution in [0, 0.1) is 6.92 Å². The van der Waals surface area contributed by atoms with Crippen LogP contribution in [-0.4, -0.2) is 24.2 Å². The molecule has 0 saturated carbocycles. The highest BCUT2D eigenvalue weighted by molar-refractivity contribution is 5.90. The van der Waals surface area contributed by atoms with E-state index in [2.05, 4.69) is 25.3 Å². The summed E-state index contributed by atoms with van der Waals surface area (Å²) in [6.07, 6.45) is -0.853. The molecular weight excluding hydrogens is 312 g/mol. The first-order valence-electron chi connectivity index (χ1n) is 7.01. The molecule has 0 spiro atoms. The number of anilines is 1. The van der Waals surface area contributed by atoms with Crippen LogP contribution in [0.25, 0.3) is 0 Å². The van der Waals surface area contributed by atoms with E-state index in [4.69, 9.17) is 4.74 Å². The third-order valence-corrected chi connectivity index (χ3v) is 2.80. The quantitative estimate of drug-likeness (QED) is 0.521. The number of nitrogens with one attached hydrogen (secondary N) is 1. The van der Waals surface area contributed by atoms with E-state index < -0.39 is 6.16 Å². The Labute approximate surface area is 138 Å². The van der Waals surface area contributed by atoms with Crippen LogP contribution in [-0.2, 0) is 9.53 Å². The molecule has 0 aliphatic carbocycles. The van der Waals surface area contributed by atoms with Crippen molar-refractivity contribution < 1.29 is 19.1 Å². The van der Waals surface area contributed by atoms with Crippen molar-refractivity contribution in [3.8, 4) is 5.75 Å². The number of amides is 1. The van der Waals surface area contributed by atoms with E-state index in [0.29, 0.717) is 17.2 Å². The summed E-state index contributed by atoms with van der Waals surface area (Å²) in [4.78, 5) is 26.7. The number of carbonyl (C=O) groups excluding carboxylic acids is 2. The lowest BCUT2D eigenvalue weighted by Crippen LogP contribution is -2.08. The number of pyridine rings is 1. The van der Waals surface area contributed by atoms with Gasteiger partial charge in [-0.3, -0.25) is 4.79 Å². The van der Waals surface area contributed by atoms with Gasteiger partial charge >= 0.3 is 6.16 Å². The van der Waals surface area contributed by atoms with Gasteiger partial charge in [-0.15, -0.1) is 10.2 Å². The molecule has 0 aliphatic heterocycles. The van der Waals surface area contributed by atoms with Crippen LogP contribution in [0.4, 0.5) is 22.0 Å². The summed E-state index contributed by atoms with van der Waals surface area (Å²) in [5, 5.41) is 10.7. The van der Waals surface area contributed by atoms with E-state index in [9.17, 15) is 9.59 Å². The molecule has 0 aliphatic rings. The molecule has 1 amide bonds. The second-order valence-corrected chi connectivity index (χ2v) is 4.73. The monoisotopic (exact) mass is 328 g/mol. The van der Waals surface area contributed by atoms with Gasteiger partial charge in [-0.25, -0.2) is 9.78 Å². The minimum atomic E-state index is -0.853. The third-order valence-electron chi connectivity index (χ3n) is 2.80. The number of nitrogens with zero attached hydrogens (tertiary/aromatic N) is 3. The highest BCUT2D eigenvalue weighted by atomic mass is 16.7. The summed E-state index contributed by atoms with van der Waals surface area (Å²) >= 11 is 0. The zero-order valence-electron chi connectivity index (χ0n) is 13.4. The predicted octanol–water partition coefficient (Wildman–Crippen LogP) is 3.91. The van der Waals surface area contributed by atoms with Crippen molar-refractivity contribution in [2.45, 2.75) is 13.8 Å². The molecule has 8 heteroatoms. The topological polar surface area (TPSA) is 102 Å². The Bertz CT molecular complexity index is 789. The van der Waals surface area contributed by atoms with E-state index in [-0.39, 0.29) is 11.7 Å². The highest BCUT2D eigenvalue weighted by Crippen LogP contribution is 2.31. The summed E-state index contributed by atoms with van der Waals surface area (Å²) in [7, 11) is 1.21. The van der Waals surface area contributed by atoms with E-state index >= 15 is 0 Å². The van der Waals surface area contributed by atoms with Crippen molar-refractivity contribution in [3.63, 3.8) is 0 Å². The van der Waals surface area contributed by atoms with Crippen LogP contribution in [0.15, 0.2) is 46.6 Å². The molecule has 124 valence electrons. The zero-order valence-corrected chi connectivity index (χ0v) is 13.4. The predicted molar refractivity (Wildman–Crippen MR) is 86.9 cm³/mol. The normalized spacial score (nSPS) is 10.5. The van der Waals surface area contributed by atoms with Gasteiger partial charge in [-0.2, -0.15) is 0 Å². The molecule has 0 fully saturated rings. The lowest BCUT2D eigenvalue weighted by molar-refractivity contribution is -0.114. The van der Waals surface area contributed by atoms with Crippen molar-refractivity contribution >= 4 is 29.3 Å². The number of rotatable bonds is 4. The SMILES string of the molecule is COC(=O)Oc1ccccc1N=Nc1ccc(C)nc1NC(C)=O. The molecule has 0 radical (unpaired) electrons. The van der Waals surface area contributed by atoms with Crippen molar-refractivity contribution in [1.82, 2.24) is 4.98 Å². The molecule has 0 bridgehead atoms. The number of para-hydroxylation sites is 1. The Hall–Kier alpha value is -3.29. The van der Waals surface area contributed by atoms with Crippen LogP contribution in [0.1, 0.15) is 12.6 Å². The summed E-state index contributed by atoms with van der Waals surface area (Å²) in [6, 6.07) is 10.0. The van der Waals surface area contributed by atoms with Gasteiger partial charge in [0.15, 0.2) is 11.6 Å². The Morgan fingerprint density at radius 1 is 1.08 bits per heavy atom. The van der Waals surface area contributed by atoms with Gasteiger partial charge in [0.2, 0.25) is 5.91 Å². The fraction of sp³-hybridized carbons (Fsp3) is 0.188. The van der Waals surface area contributed by atoms with Crippen LogP contribution in [0.3, 0.4) is 0 Å². The average molecular weight is 328 g/mol. The third kappa shape index (κ3) is 4.60. The average Bonchev–Trinajstić information content (AvgIpc) is 2.54. The Kier molecular flexibility index (Phi) is 5.56. The van der Waals surface area contributed by atoms with Crippen molar-refractivity contribution in [1.29, 1.82) is 0 Å². The van der Waals surface area contributed by atoms with E-state index in [1.54, 1.807) is 43.3 Å². The number of hydrogen-bond donors (Lipinski definition) is 1. The molecule has 1 heterocycles. The molecule has 1 aromatic heterocycles. The summed E-state index contributed by atoms with van der Waals surface area (Å²) in [6.45, 7) is 3.18. The minimum Gasteiger partial charge on any atom is -0.437 e. The molecule has 24 heavy (non-hydrogen) atoms. The van der Waals surface area contributed by atoms with E-state index in [1.807, 2.05) is 0 Å². The largest absolute Gasteiger partial charge is 0.513 e. The van der Waals surface area contributed by atoms with Gasteiger partial charge in [-0.05, 0) is 31.2 Å². The number of azo groups is 1. The van der Waals surface area contributed by atoms with Gasteiger partial charge in [0.25, 0.3) is 0 Å². The first-order chi connectivity index (χ1) is 11.5. The number of methoxy groups -OCH3 is 1. The second-order valence-electron chi connectivity index (χ2n) is 4.73. The van der Waals surface area contributed by atoms with Gasteiger partial charge in [0.1, 0.15) is 11.4 Å². The summed E-state index contributed by atoms with van der Waals surface area (Å²) in [5.74, 6) is 0.242. The van der Waals surface area contributed by atoms with Crippen molar-refractivity contribution in [2.75, 3.05) is 12.4 Å². The van der Waals surface area contributed by atoms with Gasteiger partial charge in [0.05, 0.1) is 7.11 Å². The second kappa shape index (κ2) is 7.82. The standard InChI is InChI=1S/C16H16N4O4/c1-10-8-9-13(15(17-10)18-11(2)21)20-19-12-6-4-5-7-14(12)24-16(22)23-3/h4-9H,1-3H3,(H,17,18,21). The first kappa shape index (κ1) is 17.1. The lowest BCUT2D eigenvalue weighted by atomic mass is 10.3. The highest BCUT2D eigenvalue weighted by Gasteiger charge is 2.09. The number of aromatic nitrogens is 1. The molecule has 1 N–H and O–H groups in total. The number of aryl methyl sites for hydroxylation is 1. The molecule has 8 nitrogen and oxygen atoms in total. The van der Waals surface area contributed by atoms with Crippen LogP contribution in [0.2, 0.25) is 0 Å². The maximum Gasteiger partial charge on any atom is 0.513 e. The van der Waals surface area contributed by atoms with Crippen LogP contribution in [0.5, 0.6) is 5.75 Å². The number of benzene rings is 1. The molecule has 0 unspecified atom stereocenters. The molecule has 0 saturated heterocycles. The molecule has 0 atom stereocenters. The smallest absolute Gasteiger partial charge is 0.437 e. The first-order valence-corrected chi connectivity index (χ1v) is 7.01. The lowest BCUT2D eigenvalue weighted by Gasteiger charge is -2.06. The number of ether oxygens (including phenoxy) is 2. The van der Waals surface area contributed by atoms with Gasteiger partial charge in [0, 0.05) is 12.6 Å². The zero-order chi connectivity index (χ0) is 17.5. The van der Waals surface area contributed by atoms with Crippen LogP contribution < -0.4 is 10.1 Å². The Morgan fingerprint density at radius 3 is 2.50 bits per heavy atom. The molecular formula is C16H16N4O4. The van der Waals surface area contributed by atoms with Gasteiger partial charge in [-0.1, -0.05) is 12.1 Å². The fourth-order valence-electron chi connectivity index (χ4n) is 1.75. The van der Waals surface area contributed by atoms with Crippen molar-refractivity contribution in [3.05, 3.63) is 42.1 Å². The maximum atomic E-state index is 11.3. The Morgan fingerprint density at radius 2 is 1.79 bits per heavy atom. The number of hydrogen-bond acceptors (Lipinski definition) is 7.